The molecule has 0 unspecified atom stereocenters. The fourth-order valence-electron chi connectivity index (χ4n) is 5.55. The van der Waals surface area contributed by atoms with Crippen LogP contribution in [-0.2, 0) is 11.3 Å². The third-order valence-electron chi connectivity index (χ3n) is 7.19. The maximum absolute atomic E-state index is 11.1. The number of carboxylic acid groups (broad SMARTS) is 1. The number of hydrogen-bond donors (Lipinski definition) is 2. The maximum atomic E-state index is 11.1. The molecule has 3 heterocycles. The zero-order valence-corrected chi connectivity index (χ0v) is 18.0. The second-order valence-corrected chi connectivity index (χ2v) is 9.52. The molecule has 0 radical (unpaired) electrons. The van der Waals surface area contributed by atoms with Gasteiger partial charge in [-0.25, -0.2) is 4.79 Å². The van der Waals surface area contributed by atoms with Crippen molar-refractivity contribution >= 4 is 5.97 Å². The van der Waals surface area contributed by atoms with Crippen molar-refractivity contribution in [1.29, 1.82) is 0 Å². The summed E-state index contributed by atoms with van der Waals surface area (Å²) in [6, 6.07) is 13.0. The van der Waals surface area contributed by atoms with E-state index in [4.69, 9.17) is 14.6 Å². The second-order valence-electron chi connectivity index (χ2n) is 9.52. The smallest absolute Gasteiger partial charge is 0.335 e. The van der Waals surface area contributed by atoms with E-state index in [0.29, 0.717) is 11.3 Å². The van der Waals surface area contributed by atoms with E-state index in [1.54, 1.807) is 18.2 Å². The number of piperidine rings is 1. The molecule has 2 fully saturated rings. The molecule has 164 valence electrons. The molecule has 31 heavy (non-hydrogen) atoms. The van der Waals surface area contributed by atoms with Crippen molar-refractivity contribution in [3.8, 4) is 11.5 Å². The molecule has 6 heteroatoms. The van der Waals surface area contributed by atoms with E-state index in [9.17, 15) is 9.90 Å². The van der Waals surface area contributed by atoms with E-state index >= 15 is 0 Å². The number of ether oxygens (including phenoxy) is 2. The van der Waals surface area contributed by atoms with Gasteiger partial charge in [-0.3, -0.25) is 4.90 Å². The number of likely N-dealkylation sites (tertiary alicyclic amines) is 1. The number of rotatable bonds is 3. The summed E-state index contributed by atoms with van der Waals surface area (Å²) in [6.07, 6.45) is 3.11. The Balaban J connectivity index is 1.40. The summed E-state index contributed by atoms with van der Waals surface area (Å²) < 4.78 is 13.0. The average Bonchev–Trinajstić information content (AvgIpc) is 2.74. The molecule has 4 atom stereocenters. The van der Waals surface area contributed by atoms with Crippen LogP contribution in [0.3, 0.4) is 0 Å². The summed E-state index contributed by atoms with van der Waals surface area (Å²) in [7, 11) is 0. The summed E-state index contributed by atoms with van der Waals surface area (Å²) >= 11 is 0. The summed E-state index contributed by atoms with van der Waals surface area (Å²) in [5, 5.41) is 19.5. The third kappa shape index (κ3) is 3.58. The first-order chi connectivity index (χ1) is 14.8. The highest BCUT2D eigenvalue weighted by molar-refractivity contribution is 5.87. The molecule has 2 aromatic carbocycles. The van der Waals surface area contributed by atoms with E-state index in [1.165, 1.54) is 0 Å². The van der Waals surface area contributed by atoms with Gasteiger partial charge >= 0.3 is 5.97 Å². The topological polar surface area (TPSA) is 79.2 Å². The van der Waals surface area contributed by atoms with Gasteiger partial charge < -0.3 is 19.7 Å². The van der Waals surface area contributed by atoms with Crippen molar-refractivity contribution in [1.82, 2.24) is 4.90 Å². The van der Waals surface area contributed by atoms with Crippen LogP contribution in [0.4, 0.5) is 0 Å². The van der Waals surface area contributed by atoms with Gasteiger partial charge in [-0.05, 0) is 63.4 Å². The highest BCUT2D eigenvalue weighted by Gasteiger charge is 2.52. The number of aromatic carboxylic acids is 1. The lowest BCUT2D eigenvalue weighted by Gasteiger charge is -2.54. The number of carbonyl (C=O) groups is 1. The minimum atomic E-state index is -0.901. The normalized spacial score (nSPS) is 29.2. The van der Waals surface area contributed by atoms with Gasteiger partial charge in [-0.2, -0.15) is 0 Å². The van der Waals surface area contributed by atoms with E-state index in [2.05, 4.69) is 18.7 Å². The van der Waals surface area contributed by atoms with Crippen molar-refractivity contribution in [2.24, 2.45) is 5.92 Å². The monoisotopic (exact) mass is 423 g/mol. The van der Waals surface area contributed by atoms with Crippen molar-refractivity contribution in [3.63, 3.8) is 0 Å². The minimum Gasteiger partial charge on any atom is -0.504 e. The van der Waals surface area contributed by atoms with Gasteiger partial charge in [0.25, 0.3) is 0 Å². The molecule has 3 aliphatic heterocycles. The van der Waals surface area contributed by atoms with Gasteiger partial charge in [0.15, 0.2) is 11.5 Å². The van der Waals surface area contributed by atoms with Crippen LogP contribution < -0.4 is 4.74 Å². The predicted octanol–water partition coefficient (Wildman–Crippen LogP) is 4.37. The van der Waals surface area contributed by atoms with Crippen molar-refractivity contribution < 1.29 is 24.5 Å². The number of aromatic hydroxyl groups is 1. The van der Waals surface area contributed by atoms with Gasteiger partial charge in [-0.15, -0.1) is 0 Å². The molecule has 5 rings (SSSR count). The molecule has 6 nitrogen and oxygen atoms in total. The summed E-state index contributed by atoms with van der Waals surface area (Å²) in [6.45, 7) is 5.95. The predicted molar refractivity (Wildman–Crippen MR) is 115 cm³/mol. The molecule has 2 saturated heterocycles. The number of fused-ring (bicyclic) bond motifs is 4. The zero-order chi connectivity index (χ0) is 21.8. The highest BCUT2D eigenvalue weighted by Crippen LogP contribution is 2.54. The lowest BCUT2D eigenvalue weighted by atomic mass is 9.72. The zero-order valence-electron chi connectivity index (χ0n) is 18.0. The number of phenolic OH excluding ortho intramolecular Hbond substituents is 1. The first-order valence-electron chi connectivity index (χ1n) is 11.1. The Bertz CT molecular complexity index is 986. The first-order valence-corrected chi connectivity index (χ1v) is 11.1. The van der Waals surface area contributed by atoms with Gasteiger partial charge in [0.05, 0.1) is 17.8 Å². The van der Waals surface area contributed by atoms with E-state index in [0.717, 1.165) is 43.5 Å². The highest BCUT2D eigenvalue weighted by atomic mass is 16.5. The first kappa shape index (κ1) is 20.3. The van der Waals surface area contributed by atoms with Crippen LogP contribution in [-0.4, -0.2) is 45.4 Å². The molecule has 0 bridgehead atoms. The molecule has 0 amide bonds. The van der Waals surface area contributed by atoms with Gasteiger partial charge in [0.1, 0.15) is 5.60 Å². The van der Waals surface area contributed by atoms with E-state index in [-0.39, 0.29) is 29.9 Å². The molecule has 0 aliphatic carbocycles. The summed E-state index contributed by atoms with van der Waals surface area (Å²) in [5.74, 6) is 0.00315. The van der Waals surface area contributed by atoms with Crippen LogP contribution >= 0.6 is 0 Å². The second kappa shape index (κ2) is 7.53. The molecule has 0 aromatic heterocycles. The van der Waals surface area contributed by atoms with Crippen LogP contribution in [0.5, 0.6) is 11.5 Å². The number of nitrogens with zero attached hydrogens (tertiary/aromatic N) is 1. The fourth-order valence-corrected chi connectivity index (χ4v) is 5.55. The molecule has 2 aromatic rings. The van der Waals surface area contributed by atoms with Crippen LogP contribution in [0.1, 0.15) is 60.7 Å². The van der Waals surface area contributed by atoms with Crippen molar-refractivity contribution in [2.75, 3.05) is 6.54 Å². The van der Waals surface area contributed by atoms with Crippen molar-refractivity contribution in [3.05, 3.63) is 59.2 Å². The number of hydrogen-bond acceptors (Lipinski definition) is 5. The minimum absolute atomic E-state index is 0.0816. The fraction of sp³-hybridized carbons (Fsp3) is 0.480. The lowest BCUT2D eigenvalue weighted by Crippen LogP contribution is -2.58. The van der Waals surface area contributed by atoms with Gasteiger partial charge in [0.2, 0.25) is 0 Å². The Labute approximate surface area is 182 Å². The standard InChI is InChI=1S/C25H29NO5/c1-25(2)18-13-19-21(30-22(18)17-5-3-6-20(27)23(17)31-25)7-4-12-26(19)14-15-8-10-16(11-9-15)24(28)29/h3,5-6,8-11,18-19,21-22,27H,4,7,12-14H2,1-2H3,(H,28,29)/t18-,19-,21-,22+/m0/s1. The third-order valence-corrected chi connectivity index (χ3v) is 7.19. The quantitative estimate of drug-likeness (QED) is 0.763. The Hall–Kier alpha value is -2.57. The molecule has 0 spiro atoms. The Morgan fingerprint density at radius 2 is 1.97 bits per heavy atom. The summed E-state index contributed by atoms with van der Waals surface area (Å²) in [5.41, 5.74) is 1.92. The molecule has 0 saturated carbocycles. The maximum Gasteiger partial charge on any atom is 0.335 e. The number of phenols is 1. The van der Waals surface area contributed by atoms with Gasteiger partial charge in [0, 0.05) is 24.1 Å². The van der Waals surface area contributed by atoms with Crippen molar-refractivity contribution in [2.45, 2.75) is 63.5 Å². The Morgan fingerprint density at radius 1 is 1.19 bits per heavy atom. The molecular formula is C25H29NO5. The SMILES string of the molecule is CC1(C)Oc2c(O)cccc2[C@H]2O[C@H]3CCCN(Cc4ccc(C(=O)O)cc4)[C@H]3C[C@@H]21. The molecule has 3 aliphatic rings. The Kier molecular flexibility index (Phi) is 4.94. The lowest BCUT2D eigenvalue weighted by molar-refractivity contribution is -0.190. The molecule has 2 N–H and O–H groups in total. The van der Waals surface area contributed by atoms with E-state index < -0.39 is 11.6 Å². The number of para-hydroxylation sites is 1. The van der Waals surface area contributed by atoms with Crippen LogP contribution in [0.2, 0.25) is 0 Å². The van der Waals surface area contributed by atoms with E-state index in [1.807, 2.05) is 24.3 Å². The number of benzene rings is 2. The van der Waals surface area contributed by atoms with Crippen LogP contribution in [0.15, 0.2) is 42.5 Å². The largest absolute Gasteiger partial charge is 0.504 e. The number of carboxylic acids is 1. The van der Waals surface area contributed by atoms with Crippen LogP contribution in [0, 0.1) is 5.92 Å². The Morgan fingerprint density at radius 3 is 2.71 bits per heavy atom. The molecular weight excluding hydrogens is 394 g/mol. The average molecular weight is 424 g/mol. The van der Waals surface area contributed by atoms with Gasteiger partial charge in [-0.1, -0.05) is 24.3 Å². The summed E-state index contributed by atoms with van der Waals surface area (Å²) in [4.78, 5) is 13.6. The van der Waals surface area contributed by atoms with Crippen LogP contribution in [0.25, 0.3) is 0 Å².